The van der Waals surface area contributed by atoms with E-state index in [0.717, 1.165) is 43.6 Å². The van der Waals surface area contributed by atoms with Crippen molar-refractivity contribution in [3.8, 4) is 5.88 Å². The van der Waals surface area contributed by atoms with E-state index in [-0.39, 0.29) is 18.1 Å². The lowest BCUT2D eigenvalue weighted by atomic mass is 10.1. The Morgan fingerprint density at radius 1 is 0.967 bits per heavy atom. The maximum atomic E-state index is 12.3. The van der Waals surface area contributed by atoms with E-state index in [4.69, 9.17) is 4.74 Å². The molecule has 0 aromatic carbocycles. The Bertz CT molecular complexity index is 691. The smallest absolute Gasteiger partial charge is 0.422 e. The molecule has 0 saturated carbocycles. The molecule has 1 aromatic heterocycles. The quantitative estimate of drug-likeness (QED) is 0.384. The third-order valence-corrected chi connectivity index (χ3v) is 4.91. The van der Waals surface area contributed by atoms with E-state index < -0.39 is 31.8 Å². The molecule has 2 rings (SSSR count). The summed E-state index contributed by atoms with van der Waals surface area (Å²) in [7, 11) is 0. The fourth-order valence-electron chi connectivity index (χ4n) is 3.31. The molecule has 0 fully saturated rings. The minimum absolute atomic E-state index is 0.0327. The number of aromatic nitrogens is 1. The van der Waals surface area contributed by atoms with Crippen molar-refractivity contribution in [3.05, 3.63) is 23.4 Å². The first kappa shape index (κ1) is 24.4. The maximum Gasteiger partial charge on any atom is 0.422 e. The van der Waals surface area contributed by atoms with Crippen LogP contribution in [0.25, 0.3) is 0 Å². The van der Waals surface area contributed by atoms with Crippen molar-refractivity contribution in [1.29, 1.82) is 0 Å². The molecule has 0 N–H and O–H groups in total. The Kier molecular flexibility index (Phi) is 8.93. The predicted molar refractivity (Wildman–Crippen MR) is 98.4 cm³/mol. The fourth-order valence-corrected chi connectivity index (χ4v) is 3.31. The first-order valence-electron chi connectivity index (χ1n) is 10.0. The summed E-state index contributed by atoms with van der Waals surface area (Å²) in [5.74, 6) is -0.387. The molecule has 0 unspecified atom stereocenters. The van der Waals surface area contributed by atoms with Crippen molar-refractivity contribution >= 4 is 5.78 Å². The van der Waals surface area contributed by atoms with E-state index in [9.17, 15) is 31.1 Å². The highest BCUT2D eigenvalue weighted by Gasteiger charge is 2.29. The Morgan fingerprint density at radius 3 is 2.40 bits per heavy atom. The van der Waals surface area contributed by atoms with Crippen LogP contribution in [-0.2, 0) is 17.6 Å². The molecular weight excluding hydrogens is 414 g/mol. The third-order valence-electron chi connectivity index (χ3n) is 4.91. The number of ketones is 1. The topological polar surface area (TPSA) is 42.4 Å². The second-order valence-corrected chi connectivity index (χ2v) is 7.47. The molecular formula is C20H26F6N2O2. The Hall–Kier alpha value is -1.84. The van der Waals surface area contributed by atoms with Crippen LogP contribution in [0.3, 0.4) is 0 Å². The molecule has 0 bridgehead atoms. The van der Waals surface area contributed by atoms with Crippen LogP contribution in [0.2, 0.25) is 0 Å². The summed E-state index contributed by atoms with van der Waals surface area (Å²) in [6.45, 7) is 0.932. The highest BCUT2D eigenvalue weighted by Crippen LogP contribution is 2.23. The average molecular weight is 440 g/mol. The number of pyridine rings is 1. The molecule has 0 spiro atoms. The zero-order valence-electron chi connectivity index (χ0n) is 16.6. The number of nitrogens with zero attached hydrogens (tertiary/aromatic N) is 2. The molecule has 170 valence electrons. The summed E-state index contributed by atoms with van der Waals surface area (Å²) in [4.78, 5) is 17.9. The van der Waals surface area contributed by atoms with Crippen LogP contribution in [-0.4, -0.2) is 54.3 Å². The first-order valence-corrected chi connectivity index (χ1v) is 10.0. The Labute approximate surface area is 171 Å². The van der Waals surface area contributed by atoms with Gasteiger partial charge in [0, 0.05) is 44.1 Å². The maximum absolute atomic E-state index is 12.3. The van der Waals surface area contributed by atoms with Crippen molar-refractivity contribution in [2.45, 2.75) is 63.7 Å². The minimum atomic E-state index is -4.41. The number of carbonyl (C=O) groups is 1. The highest BCUT2D eigenvalue weighted by molar-refractivity contribution is 5.78. The first-order chi connectivity index (χ1) is 14.0. The minimum Gasteiger partial charge on any atom is -0.468 e. The lowest BCUT2D eigenvalue weighted by Gasteiger charge is -2.19. The second kappa shape index (κ2) is 11.0. The van der Waals surface area contributed by atoms with Gasteiger partial charge >= 0.3 is 12.4 Å². The number of hydrogen-bond donors (Lipinski definition) is 0. The second-order valence-electron chi connectivity index (χ2n) is 7.47. The molecule has 1 aliphatic heterocycles. The van der Waals surface area contributed by atoms with Crippen LogP contribution >= 0.6 is 0 Å². The molecule has 1 aliphatic rings. The predicted octanol–water partition coefficient (Wildman–Crippen LogP) is 4.90. The van der Waals surface area contributed by atoms with Crippen LogP contribution < -0.4 is 4.74 Å². The number of Topliss-reactive ketones (excluding diaryl/α,β-unsaturated/α-hetero) is 1. The normalized spacial score (nSPS) is 15.5. The van der Waals surface area contributed by atoms with Gasteiger partial charge in [0.25, 0.3) is 0 Å². The van der Waals surface area contributed by atoms with Crippen molar-refractivity contribution in [1.82, 2.24) is 9.88 Å². The molecule has 1 aromatic rings. The van der Waals surface area contributed by atoms with Gasteiger partial charge in [-0.05, 0) is 31.4 Å². The van der Waals surface area contributed by atoms with Crippen molar-refractivity contribution in [3.63, 3.8) is 0 Å². The Morgan fingerprint density at radius 2 is 1.70 bits per heavy atom. The van der Waals surface area contributed by atoms with E-state index in [1.807, 2.05) is 0 Å². The number of unbranched alkanes of at least 4 members (excludes halogenated alkanes) is 2. The number of ether oxygens (including phenoxy) is 1. The van der Waals surface area contributed by atoms with Gasteiger partial charge in [0.05, 0.1) is 6.42 Å². The van der Waals surface area contributed by atoms with Gasteiger partial charge < -0.3 is 9.64 Å². The van der Waals surface area contributed by atoms with E-state index in [1.165, 1.54) is 6.07 Å². The summed E-state index contributed by atoms with van der Waals surface area (Å²) in [5.41, 5.74) is 1.74. The molecule has 4 nitrogen and oxygen atoms in total. The van der Waals surface area contributed by atoms with Gasteiger partial charge in [0.1, 0.15) is 5.78 Å². The van der Waals surface area contributed by atoms with E-state index in [2.05, 4.69) is 9.88 Å². The summed E-state index contributed by atoms with van der Waals surface area (Å²) in [6, 6.07) is 3.21. The molecule has 2 heterocycles. The number of alkyl halides is 6. The van der Waals surface area contributed by atoms with Gasteiger partial charge in [0.2, 0.25) is 5.88 Å². The van der Waals surface area contributed by atoms with Gasteiger partial charge in [-0.2, -0.15) is 26.3 Å². The van der Waals surface area contributed by atoms with E-state index >= 15 is 0 Å². The van der Waals surface area contributed by atoms with Crippen LogP contribution in [0, 0.1) is 0 Å². The molecule has 30 heavy (non-hydrogen) atoms. The highest BCUT2D eigenvalue weighted by atomic mass is 19.4. The standard InChI is InChI=1S/C20H26F6N2O2/c21-19(22,23)10-7-16(29)4-2-1-3-11-28-12-8-15-5-6-18(27-17(15)9-13-28)30-14-20(24,25)26/h5-6H,1-4,7-14H2. The van der Waals surface area contributed by atoms with Crippen LogP contribution in [0.5, 0.6) is 5.88 Å². The number of carbonyl (C=O) groups excluding carboxylic acids is 1. The van der Waals surface area contributed by atoms with Crippen molar-refractivity contribution in [2.24, 2.45) is 0 Å². The van der Waals surface area contributed by atoms with Gasteiger partial charge in [-0.15, -0.1) is 0 Å². The zero-order chi connectivity index (χ0) is 22.2. The molecule has 0 saturated heterocycles. The molecule has 0 atom stereocenters. The van der Waals surface area contributed by atoms with Gasteiger partial charge in [-0.25, -0.2) is 4.98 Å². The monoisotopic (exact) mass is 440 g/mol. The summed E-state index contributed by atoms with van der Waals surface area (Å²) >= 11 is 0. The largest absolute Gasteiger partial charge is 0.468 e. The lowest BCUT2D eigenvalue weighted by molar-refractivity contribution is -0.154. The summed E-state index contributed by atoms with van der Waals surface area (Å²) in [6.07, 6.45) is -6.53. The molecule has 10 heteroatoms. The fraction of sp³-hybridized carbons (Fsp3) is 0.700. The van der Waals surface area contributed by atoms with Crippen LogP contribution in [0.15, 0.2) is 12.1 Å². The lowest BCUT2D eigenvalue weighted by Crippen LogP contribution is -2.27. The molecule has 0 aliphatic carbocycles. The molecule has 0 amide bonds. The van der Waals surface area contributed by atoms with Crippen LogP contribution in [0.1, 0.15) is 49.8 Å². The number of rotatable bonds is 10. The van der Waals surface area contributed by atoms with E-state index in [1.54, 1.807) is 6.07 Å². The summed E-state index contributed by atoms with van der Waals surface area (Å²) < 4.78 is 77.8. The Balaban J connectivity index is 1.67. The third kappa shape index (κ3) is 9.77. The number of fused-ring (bicyclic) bond motifs is 1. The number of hydrogen-bond acceptors (Lipinski definition) is 4. The van der Waals surface area contributed by atoms with Crippen LogP contribution in [0.4, 0.5) is 26.3 Å². The van der Waals surface area contributed by atoms with Crippen molar-refractivity contribution < 1.29 is 35.9 Å². The van der Waals surface area contributed by atoms with Gasteiger partial charge in [-0.3, -0.25) is 4.79 Å². The molecule has 0 radical (unpaired) electrons. The van der Waals surface area contributed by atoms with Gasteiger partial charge in [0.15, 0.2) is 6.61 Å². The summed E-state index contributed by atoms with van der Waals surface area (Å²) in [5, 5.41) is 0. The van der Waals surface area contributed by atoms with Gasteiger partial charge in [-0.1, -0.05) is 12.5 Å². The number of halogens is 6. The zero-order valence-corrected chi connectivity index (χ0v) is 16.6. The average Bonchev–Trinajstić information content (AvgIpc) is 2.85. The van der Waals surface area contributed by atoms with Crippen molar-refractivity contribution in [2.75, 3.05) is 26.2 Å². The SMILES string of the molecule is O=C(CCCCCN1CCc2ccc(OCC(F)(F)F)nc2CC1)CCC(F)(F)F. The van der Waals surface area contributed by atoms with E-state index in [0.29, 0.717) is 19.4 Å².